The minimum absolute atomic E-state index is 0.315. The molecule has 0 N–H and O–H groups in total. The summed E-state index contributed by atoms with van der Waals surface area (Å²) in [5.41, 5.74) is 1.89. The smallest absolute Gasteiger partial charge is 0.343 e. The molecular weight excluding hydrogens is 348 g/mol. The third-order valence-electron chi connectivity index (χ3n) is 3.86. The zero-order chi connectivity index (χ0) is 19.4. The maximum absolute atomic E-state index is 12.2. The number of esters is 2. The number of hydrogen-bond acceptors (Lipinski definition) is 6. The lowest BCUT2D eigenvalue weighted by Crippen LogP contribution is -2.03. The van der Waals surface area contributed by atoms with Crippen molar-refractivity contribution in [3.05, 3.63) is 65.2 Å². The number of cyclic esters (lactones) is 1. The first-order valence-electron chi connectivity index (χ1n) is 8.16. The lowest BCUT2D eigenvalue weighted by molar-refractivity contribution is -0.132. The second-order valence-electron chi connectivity index (χ2n) is 5.73. The van der Waals surface area contributed by atoms with Gasteiger partial charge in [-0.15, -0.1) is 0 Å². The molecule has 1 aliphatic heterocycles. The standard InChI is InChI=1S/C21H18O6/c1-13(22)26-18-9-4-14(11-20(18)25-3)10-16-12-19(27-21(16)23)15-5-7-17(24-2)8-6-15/h4-12H,1-3H3/b16-10-. The molecular formula is C21H18O6. The van der Waals surface area contributed by atoms with Crippen molar-refractivity contribution in [3.63, 3.8) is 0 Å². The maximum Gasteiger partial charge on any atom is 0.343 e. The van der Waals surface area contributed by atoms with Crippen LogP contribution in [0.1, 0.15) is 18.1 Å². The van der Waals surface area contributed by atoms with Gasteiger partial charge in [0.15, 0.2) is 11.5 Å². The molecule has 1 aliphatic rings. The molecule has 0 saturated heterocycles. The monoisotopic (exact) mass is 366 g/mol. The molecule has 6 nitrogen and oxygen atoms in total. The lowest BCUT2D eigenvalue weighted by Gasteiger charge is -2.08. The van der Waals surface area contributed by atoms with E-state index in [0.717, 1.165) is 11.3 Å². The summed E-state index contributed by atoms with van der Waals surface area (Å²) in [6, 6.07) is 12.2. The highest BCUT2D eigenvalue weighted by atomic mass is 16.6. The summed E-state index contributed by atoms with van der Waals surface area (Å²) in [5, 5.41) is 0. The van der Waals surface area contributed by atoms with Gasteiger partial charge in [-0.1, -0.05) is 6.07 Å². The second kappa shape index (κ2) is 7.78. The van der Waals surface area contributed by atoms with Gasteiger partial charge in [-0.05, 0) is 54.1 Å². The first kappa shape index (κ1) is 18.3. The maximum atomic E-state index is 12.2. The highest BCUT2D eigenvalue weighted by Gasteiger charge is 2.22. The Morgan fingerprint density at radius 3 is 2.37 bits per heavy atom. The summed E-state index contributed by atoms with van der Waals surface area (Å²) in [7, 11) is 3.07. The molecule has 0 amide bonds. The first-order valence-corrected chi connectivity index (χ1v) is 8.16. The van der Waals surface area contributed by atoms with Crippen LogP contribution in [-0.2, 0) is 14.3 Å². The number of benzene rings is 2. The number of carbonyl (C=O) groups is 2. The van der Waals surface area contributed by atoms with E-state index >= 15 is 0 Å². The second-order valence-corrected chi connectivity index (χ2v) is 5.73. The minimum atomic E-state index is -0.441. The van der Waals surface area contributed by atoms with Crippen molar-refractivity contribution < 1.29 is 28.5 Å². The van der Waals surface area contributed by atoms with Gasteiger partial charge in [-0.2, -0.15) is 0 Å². The molecule has 0 aromatic heterocycles. The van der Waals surface area contributed by atoms with E-state index < -0.39 is 11.9 Å². The summed E-state index contributed by atoms with van der Waals surface area (Å²) >= 11 is 0. The lowest BCUT2D eigenvalue weighted by atomic mass is 10.1. The number of rotatable bonds is 5. The topological polar surface area (TPSA) is 71.1 Å². The average Bonchev–Trinajstić information content (AvgIpc) is 3.03. The van der Waals surface area contributed by atoms with Crippen LogP contribution >= 0.6 is 0 Å². The van der Waals surface area contributed by atoms with Crippen LogP contribution in [0.5, 0.6) is 17.2 Å². The third-order valence-corrected chi connectivity index (χ3v) is 3.86. The Balaban J connectivity index is 1.88. The molecule has 0 bridgehead atoms. The van der Waals surface area contributed by atoms with E-state index in [9.17, 15) is 9.59 Å². The van der Waals surface area contributed by atoms with Crippen molar-refractivity contribution in [2.75, 3.05) is 14.2 Å². The Labute approximate surface area is 156 Å². The summed E-state index contributed by atoms with van der Waals surface area (Å²) in [5.74, 6) is 1.02. The van der Waals surface area contributed by atoms with Crippen molar-refractivity contribution in [1.82, 2.24) is 0 Å². The highest BCUT2D eigenvalue weighted by Crippen LogP contribution is 2.32. The van der Waals surface area contributed by atoms with Crippen LogP contribution in [0.15, 0.2) is 54.1 Å². The molecule has 2 aromatic rings. The average molecular weight is 366 g/mol. The number of methoxy groups -OCH3 is 2. The Morgan fingerprint density at radius 1 is 1.00 bits per heavy atom. The zero-order valence-corrected chi connectivity index (χ0v) is 15.1. The minimum Gasteiger partial charge on any atom is -0.497 e. The van der Waals surface area contributed by atoms with E-state index in [1.165, 1.54) is 14.0 Å². The fourth-order valence-corrected chi connectivity index (χ4v) is 2.58. The van der Waals surface area contributed by atoms with Gasteiger partial charge in [0.25, 0.3) is 0 Å². The van der Waals surface area contributed by atoms with Crippen LogP contribution in [0.4, 0.5) is 0 Å². The van der Waals surface area contributed by atoms with Gasteiger partial charge in [0, 0.05) is 12.5 Å². The van der Waals surface area contributed by atoms with E-state index in [1.54, 1.807) is 49.6 Å². The Morgan fingerprint density at radius 2 is 1.74 bits per heavy atom. The van der Waals surface area contributed by atoms with E-state index in [0.29, 0.717) is 28.4 Å². The van der Waals surface area contributed by atoms with E-state index in [4.69, 9.17) is 18.9 Å². The molecule has 0 radical (unpaired) electrons. The van der Waals surface area contributed by atoms with Gasteiger partial charge >= 0.3 is 11.9 Å². The van der Waals surface area contributed by atoms with Crippen molar-refractivity contribution in [1.29, 1.82) is 0 Å². The SMILES string of the molecule is COc1ccc(C2=C/C(=C/c3ccc(OC(C)=O)c(OC)c3)C(=O)O2)cc1. The summed E-state index contributed by atoms with van der Waals surface area (Å²) < 4.78 is 20.8. The predicted molar refractivity (Wildman–Crippen MR) is 99.3 cm³/mol. The molecule has 6 heteroatoms. The quantitative estimate of drug-likeness (QED) is 0.457. The van der Waals surface area contributed by atoms with Crippen LogP contribution < -0.4 is 14.2 Å². The van der Waals surface area contributed by atoms with Crippen LogP contribution in [0.2, 0.25) is 0 Å². The fraction of sp³-hybridized carbons (Fsp3) is 0.143. The van der Waals surface area contributed by atoms with E-state index in [1.807, 2.05) is 12.1 Å². The Bertz CT molecular complexity index is 938. The van der Waals surface area contributed by atoms with Gasteiger partial charge in [0.05, 0.1) is 19.8 Å². The van der Waals surface area contributed by atoms with Crippen molar-refractivity contribution in [3.8, 4) is 17.2 Å². The first-order chi connectivity index (χ1) is 13.0. The van der Waals surface area contributed by atoms with Crippen LogP contribution in [0.3, 0.4) is 0 Å². The molecule has 2 aromatic carbocycles. The van der Waals surface area contributed by atoms with Gasteiger partial charge < -0.3 is 18.9 Å². The van der Waals surface area contributed by atoms with Gasteiger partial charge in [-0.25, -0.2) is 4.79 Å². The fourth-order valence-electron chi connectivity index (χ4n) is 2.58. The molecule has 138 valence electrons. The summed E-state index contributed by atoms with van der Waals surface area (Å²) in [4.78, 5) is 23.3. The van der Waals surface area contributed by atoms with E-state index in [-0.39, 0.29) is 0 Å². The number of hydrogen-bond donors (Lipinski definition) is 0. The van der Waals surface area contributed by atoms with Gasteiger partial charge in [0.1, 0.15) is 11.5 Å². The largest absolute Gasteiger partial charge is 0.497 e. The summed E-state index contributed by atoms with van der Waals surface area (Å²) in [6.07, 6.45) is 3.36. The number of ether oxygens (including phenoxy) is 4. The molecule has 0 spiro atoms. The van der Waals surface area contributed by atoms with Crippen LogP contribution in [-0.4, -0.2) is 26.2 Å². The van der Waals surface area contributed by atoms with Crippen LogP contribution in [0, 0.1) is 0 Å². The molecule has 0 aliphatic carbocycles. The van der Waals surface area contributed by atoms with Crippen molar-refractivity contribution in [2.24, 2.45) is 0 Å². The van der Waals surface area contributed by atoms with Crippen molar-refractivity contribution >= 4 is 23.8 Å². The van der Waals surface area contributed by atoms with Gasteiger partial charge in [0.2, 0.25) is 0 Å². The normalized spacial score (nSPS) is 14.6. The zero-order valence-electron chi connectivity index (χ0n) is 15.1. The molecule has 0 unspecified atom stereocenters. The molecule has 0 atom stereocenters. The molecule has 0 fully saturated rings. The summed E-state index contributed by atoms with van der Waals surface area (Å²) in [6.45, 7) is 1.31. The Hall–Kier alpha value is -3.54. The molecule has 0 saturated carbocycles. The molecule has 1 heterocycles. The Kier molecular flexibility index (Phi) is 5.26. The highest BCUT2D eigenvalue weighted by molar-refractivity contribution is 6.05. The van der Waals surface area contributed by atoms with Crippen molar-refractivity contribution in [2.45, 2.75) is 6.92 Å². The third kappa shape index (κ3) is 4.17. The predicted octanol–water partition coefficient (Wildman–Crippen LogP) is 3.61. The molecule has 27 heavy (non-hydrogen) atoms. The van der Waals surface area contributed by atoms with E-state index in [2.05, 4.69) is 0 Å². The molecule has 3 rings (SSSR count). The van der Waals surface area contributed by atoms with Crippen LogP contribution in [0.25, 0.3) is 11.8 Å². The van der Waals surface area contributed by atoms with Gasteiger partial charge in [-0.3, -0.25) is 4.79 Å². The number of carbonyl (C=O) groups excluding carboxylic acids is 2.